The smallest absolute Gasteiger partial charge is 0.237 e. The van der Waals surface area contributed by atoms with Crippen molar-refractivity contribution in [3.8, 4) is 0 Å². The van der Waals surface area contributed by atoms with Crippen LogP contribution in [0.2, 0.25) is 0 Å². The molecule has 0 spiro atoms. The summed E-state index contributed by atoms with van der Waals surface area (Å²) in [5.41, 5.74) is 0. The van der Waals surface area contributed by atoms with Crippen LogP contribution in [-0.4, -0.2) is 19.0 Å². The maximum absolute atomic E-state index is 11.5. The lowest BCUT2D eigenvalue weighted by Gasteiger charge is -2.15. The first-order chi connectivity index (χ1) is 6.65. The Hall–Kier alpha value is -0.870. The van der Waals surface area contributed by atoms with Gasteiger partial charge in [-0.05, 0) is 32.3 Å². The van der Waals surface area contributed by atoms with Crippen molar-refractivity contribution in [2.24, 2.45) is 0 Å². The minimum Gasteiger partial charge on any atom is -0.347 e. The van der Waals surface area contributed by atoms with Gasteiger partial charge in [0.1, 0.15) is 0 Å². The van der Waals surface area contributed by atoms with E-state index in [2.05, 4.69) is 10.6 Å². The fraction of sp³-hybridized carbons (Fsp3) is 0.500. The van der Waals surface area contributed by atoms with Gasteiger partial charge in [0.15, 0.2) is 0 Å². The van der Waals surface area contributed by atoms with E-state index in [1.165, 1.54) is 4.88 Å². The third-order valence-corrected chi connectivity index (χ3v) is 3.21. The number of carbonyl (C=O) groups is 1. The highest BCUT2D eigenvalue weighted by molar-refractivity contribution is 7.10. The minimum atomic E-state index is -0.141. The number of likely N-dealkylation sites (N-methyl/N-ethyl adjacent to an activating group) is 1. The Labute approximate surface area is 88.5 Å². The van der Waals surface area contributed by atoms with Crippen LogP contribution in [0.1, 0.15) is 24.8 Å². The number of carbonyl (C=O) groups excluding carboxylic acids is 1. The molecule has 1 aromatic heterocycles. The second kappa shape index (κ2) is 5.12. The van der Waals surface area contributed by atoms with Crippen LogP contribution in [0.3, 0.4) is 0 Å². The van der Waals surface area contributed by atoms with Crippen LogP contribution in [0, 0.1) is 0 Å². The zero-order valence-corrected chi connectivity index (χ0v) is 9.52. The van der Waals surface area contributed by atoms with Crippen molar-refractivity contribution < 1.29 is 4.79 Å². The average Bonchev–Trinajstić information content (AvgIpc) is 2.69. The van der Waals surface area contributed by atoms with E-state index in [4.69, 9.17) is 0 Å². The molecule has 1 amide bonds. The maximum atomic E-state index is 11.5. The van der Waals surface area contributed by atoms with Gasteiger partial charge in [0, 0.05) is 4.88 Å². The van der Waals surface area contributed by atoms with E-state index in [0.29, 0.717) is 0 Å². The van der Waals surface area contributed by atoms with Gasteiger partial charge in [0.25, 0.3) is 0 Å². The van der Waals surface area contributed by atoms with E-state index in [1.54, 1.807) is 18.4 Å². The van der Waals surface area contributed by atoms with Gasteiger partial charge >= 0.3 is 0 Å². The summed E-state index contributed by atoms with van der Waals surface area (Å²) < 4.78 is 0. The lowest BCUT2D eigenvalue weighted by molar-refractivity contribution is -0.123. The predicted octanol–water partition coefficient (Wildman–Crippen LogP) is 1.53. The van der Waals surface area contributed by atoms with Gasteiger partial charge in [0.2, 0.25) is 5.91 Å². The summed E-state index contributed by atoms with van der Waals surface area (Å²) in [5, 5.41) is 7.86. The van der Waals surface area contributed by atoms with Crippen molar-refractivity contribution in [1.82, 2.24) is 10.6 Å². The first-order valence-corrected chi connectivity index (χ1v) is 5.54. The molecule has 0 saturated carbocycles. The molecule has 0 aromatic carbocycles. The Morgan fingerprint density at radius 1 is 1.50 bits per heavy atom. The van der Waals surface area contributed by atoms with Crippen LogP contribution in [0.15, 0.2) is 17.5 Å². The van der Waals surface area contributed by atoms with E-state index in [1.807, 2.05) is 31.4 Å². The largest absolute Gasteiger partial charge is 0.347 e. The first-order valence-electron chi connectivity index (χ1n) is 4.66. The van der Waals surface area contributed by atoms with Crippen LogP contribution < -0.4 is 10.6 Å². The average molecular weight is 212 g/mol. The Kier molecular flexibility index (Phi) is 4.10. The summed E-state index contributed by atoms with van der Waals surface area (Å²) >= 11 is 1.66. The third kappa shape index (κ3) is 2.82. The van der Waals surface area contributed by atoms with E-state index < -0.39 is 0 Å². The van der Waals surface area contributed by atoms with Crippen LogP contribution in [-0.2, 0) is 4.79 Å². The van der Waals surface area contributed by atoms with E-state index in [9.17, 15) is 4.79 Å². The topological polar surface area (TPSA) is 41.1 Å². The van der Waals surface area contributed by atoms with Gasteiger partial charge in [-0.1, -0.05) is 6.07 Å². The highest BCUT2D eigenvalue weighted by atomic mass is 32.1. The van der Waals surface area contributed by atoms with E-state index in [-0.39, 0.29) is 18.0 Å². The zero-order chi connectivity index (χ0) is 10.6. The van der Waals surface area contributed by atoms with Crippen molar-refractivity contribution in [2.45, 2.75) is 25.9 Å². The number of rotatable bonds is 4. The Morgan fingerprint density at radius 2 is 2.21 bits per heavy atom. The molecule has 0 aliphatic rings. The first kappa shape index (κ1) is 11.2. The molecule has 0 aliphatic carbocycles. The maximum Gasteiger partial charge on any atom is 0.237 e. The molecular formula is C10H16N2OS. The summed E-state index contributed by atoms with van der Waals surface area (Å²) in [6.45, 7) is 3.84. The summed E-state index contributed by atoms with van der Waals surface area (Å²) in [4.78, 5) is 12.7. The number of hydrogen-bond donors (Lipinski definition) is 2. The lowest BCUT2D eigenvalue weighted by Crippen LogP contribution is -2.41. The summed E-state index contributed by atoms with van der Waals surface area (Å²) in [5.74, 6) is 0.0356. The van der Waals surface area contributed by atoms with Crippen LogP contribution in [0.25, 0.3) is 0 Å². The molecule has 2 N–H and O–H groups in total. The van der Waals surface area contributed by atoms with E-state index in [0.717, 1.165) is 0 Å². The molecule has 1 aromatic rings. The molecule has 1 heterocycles. The van der Waals surface area contributed by atoms with Crippen molar-refractivity contribution in [1.29, 1.82) is 0 Å². The monoisotopic (exact) mass is 212 g/mol. The second-order valence-electron chi connectivity index (χ2n) is 3.26. The number of amides is 1. The molecule has 0 fully saturated rings. The fourth-order valence-electron chi connectivity index (χ4n) is 1.08. The highest BCUT2D eigenvalue weighted by Crippen LogP contribution is 2.17. The van der Waals surface area contributed by atoms with Gasteiger partial charge < -0.3 is 10.6 Å². The molecule has 1 unspecified atom stereocenters. The predicted molar refractivity (Wildman–Crippen MR) is 59.4 cm³/mol. The Morgan fingerprint density at radius 3 is 2.71 bits per heavy atom. The molecular weight excluding hydrogens is 196 g/mol. The Balaban J connectivity index is 2.49. The number of nitrogens with one attached hydrogen (secondary N) is 2. The highest BCUT2D eigenvalue weighted by Gasteiger charge is 2.14. The molecule has 14 heavy (non-hydrogen) atoms. The summed E-state index contributed by atoms with van der Waals surface area (Å²) in [7, 11) is 1.78. The van der Waals surface area contributed by atoms with Crippen molar-refractivity contribution in [2.75, 3.05) is 7.05 Å². The second-order valence-corrected chi connectivity index (χ2v) is 4.24. The fourth-order valence-corrected chi connectivity index (χ4v) is 1.81. The molecule has 1 rings (SSSR count). The Bertz CT molecular complexity index is 284. The summed E-state index contributed by atoms with van der Waals surface area (Å²) in [6.07, 6.45) is 0. The normalized spacial score (nSPS) is 14.8. The van der Waals surface area contributed by atoms with Crippen LogP contribution >= 0.6 is 11.3 Å². The molecule has 0 aliphatic heterocycles. The molecule has 0 saturated heterocycles. The molecule has 78 valence electrons. The van der Waals surface area contributed by atoms with Crippen LogP contribution in [0.4, 0.5) is 0 Å². The quantitative estimate of drug-likeness (QED) is 0.794. The van der Waals surface area contributed by atoms with Crippen LogP contribution in [0.5, 0.6) is 0 Å². The molecule has 2 atom stereocenters. The van der Waals surface area contributed by atoms with Crippen molar-refractivity contribution in [3.05, 3.63) is 22.4 Å². The van der Waals surface area contributed by atoms with Gasteiger partial charge in [0.05, 0.1) is 12.1 Å². The zero-order valence-electron chi connectivity index (χ0n) is 8.70. The van der Waals surface area contributed by atoms with E-state index >= 15 is 0 Å². The summed E-state index contributed by atoms with van der Waals surface area (Å²) in [6, 6.07) is 3.97. The van der Waals surface area contributed by atoms with Gasteiger partial charge in [-0.25, -0.2) is 0 Å². The molecule has 4 heteroatoms. The lowest BCUT2D eigenvalue weighted by atomic mass is 10.2. The minimum absolute atomic E-state index is 0.0356. The number of thiophene rings is 1. The van der Waals surface area contributed by atoms with Crippen molar-refractivity contribution in [3.63, 3.8) is 0 Å². The van der Waals surface area contributed by atoms with Crippen molar-refractivity contribution >= 4 is 17.2 Å². The van der Waals surface area contributed by atoms with Gasteiger partial charge in [-0.15, -0.1) is 11.3 Å². The number of hydrogen-bond acceptors (Lipinski definition) is 3. The SMILES string of the molecule is CNC(C)C(=O)N[C@@H](C)c1cccs1. The molecule has 3 nitrogen and oxygen atoms in total. The van der Waals surface area contributed by atoms with Gasteiger partial charge in [-0.3, -0.25) is 4.79 Å². The third-order valence-electron chi connectivity index (χ3n) is 2.16. The molecule has 0 radical (unpaired) electrons. The molecule has 0 bridgehead atoms. The van der Waals surface area contributed by atoms with Gasteiger partial charge in [-0.2, -0.15) is 0 Å². The standard InChI is InChI=1S/C10H16N2OS/c1-7(9-5-4-6-14-9)12-10(13)8(2)11-3/h4-8,11H,1-3H3,(H,12,13)/t7-,8?/m0/s1.